The summed E-state index contributed by atoms with van der Waals surface area (Å²) in [5.41, 5.74) is -1.27. The van der Waals surface area contributed by atoms with E-state index >= 15 is 0 Å². The lowest BCUT2D eigenvalue weighted by Gasteiger charge is -2.59. The Labute approximate surface area is 183 Å². The van der Waals surface area contributed by atoms with Crippen molar-refractivity contribution in [3.8, 4) is 0 Å². The lowest BCUT2D eigenvalue weighted by atomic mass is 9.46. The molecule has 0 bridgehead atoms. The van der Waals surface area contributed by atoms with E-state index in [4.69, 9.17) is 9.47 Å². The molecule has 0 spiro atoms. The van der Waals surface area contributed by atoms with Crippen molar-refractivity contribution in [2.75, 3.05) is 0 Å². The van der Waals surface area contributed by atoms with Crippen LogP contribution in [0.5, 0.6) is 0 Å². The van der Waals surface area contributed by atoms with Gasteiger partial charge in [0, 0.05) is 16.7 Å². The number of rotatable bonds is 4. The number of Topliss-reactive ketones (excluding diaryl/α,β-unsaturated/α-hetero) is 1. The summed E-state index contributed by atoms with van der Waals surface area (Å²) in [6.45, 7) is 6.17. The van der Waals surface area contributed by atoms with E-state index < -0.39 is 35.3 Å². The van der Waals surface area contributed by atoms with Crippen molar-refractivity contribution in [2.45, 2.75) is 83.4 Å². The number of aliphatic hydroxyl groups excluding tert-OH is 1. The number of hydrogen-bond donors (Lipinski definition) is 1. The summed E-state index contributed by atoms with van der Waals surface area (Å²) in [5.74, 6) is -0.328. The molecule has 0 amide bonds. The van der Waals surface area contributed by atoms with E-state index in [1.165, 1.54) is 0 Å². The molecule has 9 atom stereocenters. The van der Waals surface area contributed by atoms with E-state index in [0.29, 0.717) is 25.5 Å². The Kier molecular flexibility index (Phi) is 4.75. The zero-order valence-electron chi connectivity index (χ0n) is 18.5. The van der Waals surface area contributed by atoms with E-state index in [-0.39, 0.29) is 29.0 Å². The van der Waals surface area contributed by atoms with Crippen molar-refractivity contribution < 1.29 is 29.0 Å². The first-order valence-electron chi connectivity index (χ1n) is 11.7. The van der Waals surface area contributed by atoms with Gasteiger partial charge < -0.3 is 14.6 Å². The molecular formula is C25H32O6. The normalized spacial score (nSPS) is 50.2. The molecule has 1 heterocycles. The van der Waals surface area contributed by atoms with E-state index in [2.05, 4.69) is 6.92 Å². The van der Waals surface area contributed by atoms with Gasteiger partial charge in [-0.05, 0) is 56.1 Å². The van der Waals surface area contributed by atoms with Crippen LogP contribution in [0.1, 0.15) is 59.3 Å². The van der Waals surface area contributed by atoms with Gasteiger partial charge in [-0.3, -0.25) is 14.4 Å². The number of carbonyl (C=O) groups excluding carboxylic acids is 3. The van der Waals surface area contributed by atoms with Crippen LogP contribution >= 0.6 is 0 Å². The van der Waals surface area contributed by atoms with Crippen LogP contribution in [0.4, 0.5) is 0 Å². The molecule has 1 saturated heterocycles. The third-order valence-electron chi connectivity index (χ3n) is 9.29. The van der Waals surface area contributed by atoms with Crippen LogP contribution in [-0.4, -0.2) is 47.1 Å². The Balaban J connectivity index is 1.56. The summed E-state index contributed by atoms with van der Waals surface area (Å²) in [6.07, 6.45) is 8.30. The lowest BCUT2D eigenvalue weighted by molar-refractivity contribution is -0.198. The van der Waals surface area contributed by atoms with Crippen molar-refractivity contribution in [1.29, 1.82) is 0 Å². The largest absolute Gasteiger partial charge is 0.393 e. The van der Waals surface area contributed by atoms with E-state index in [9.17, 15) is 19.5 Å². The number of carbonyl (C=O) groups is 3. The summed E-state index contributed by atoms with van der Waals surface area (Å²) in [7, 11) is 0. The molecule has 1 N–H and O–H groups in total. The summed E-state index contributed by atoms with van der Waals surface area (Å²) in [4.78, 5) is 36.8. The number of allylic oxidation sites excluding steroid dienone is 4. The van der Waals surface area contributed by atoms with Gasteiger partial charge in [0.1, 0.15) is 0 Å². The van der Waals surface area contributed by atoms with Crippen molar-refractivity contribution in [3.05, 3.63) is 23.8 Å². The molecule has 4 fully saturated rings. The van der Waals surface area contributed by atoms with Gasteiger partial charge in [0.15, 0.2) is 24.0 Å². The van der Waals surface area contributed by atoms with Crippen LogP contribution in [0.2, 0.25) is 0 Å². The van der Waals surface area contributed by atoms with Crippen LogP contribution in [0.15, 0.2) is 23.8 Å². The monoisotopic (exact) mass is 428 g/mol. The van der Waals surface area contributed by atoms with Crippen LogP contribution < -0.4 is 0 Å². The van der Waals surface area contributed by atoms with Crippen LogP contribution in [-0.2, 0) is 23.9 Å². The molecule has 31 heavy (non-hydrogen) atoms. The van der Waals surface area contributed by atoms with Crippen molar-refractivity contribution in [1.82, 2.24) is 0 Å². The Bertz CT molecular complexity index is 890. The molecule has 1 aliphatic heterocycles. The average molecular weight is 429 g/mol. The van der Waals surface area contributed by atoms with Gasteiger partial charge in [-0.2, -0.15) is 0 Å². The molecule has 3 saturated carbocycles. The summed E-state index contributed by atoms with van der Waals surface area (Å²) < 4.78 is 12.5. The molecule has 4 aliphatic carbocycles. The SMILES string of the molecule is CCCC1O[C@H]2CC3[C@@H]4CCC5=CC(=O)C=C[C@]5(C)[C@@H]4[C@@H](O)C[C@]3(C)[C@@]2(C(=O)C=O)O1. The average Bonchev–Trinajstić information content (AvgIpc) is 3.20. The zero-order valence-corrected chi connectivity index (χ0v) is 18.5. The number of ketones is 2. The fourth-order valence-electron chi connectivity index (χ4n) is 8.03. The maximum absolute atomic E-state index is 13.1. The highest BCUT2D eigenvalue weighted by atomic mass is 16.7. The Hall–Kier alpha value is -1.63. The van der Waals surface area contributed by atoms with Gasteiger partial charge in [-0.15, -0.1) is 0 Å². The van der Waals surface area contributed by atoms with Crippen LogP contribution in [0.25, 0.3) is 0 Å². The maximum Gasteiger partial charge on any atom is 0.230 e. The molecule has 5 aliphatic rings. The fraction of sp³-hybridized carbons (Fsp3) is 0.720. The molecule has 2 unspecified atom stereocenters. The van der Waals surface area contributed by atoms with Gasteiger partial charge in [0.25, 0.3) is 0 Å². The highest BCUT2D eigenvalue weighted by molar-refractivity contribution is 6.29. The van der Waals surface area contributed by atoms with Crippen molar-refractivity contribution in [3.63, 3.8) is 0 Å². The first-order valence-corrected chi connectivity index (χ1v) is 11.7. The number of aliphatic hydroxyl groups is 1. The molecule has 5 rings (SSSR count). The number of hydrogen-bond acceptors (Lipinski definition) is 6. The quantitative estimate of drug-likeness (QED) is 0.547. The maximum atomic E-state index is 13.1. The van der Waals surface area contributed by atoms with E-state index in [0.717, 1.165) is 24.8 Å². The standard InChI is InChI=1S/C25H32O6/c1-4-5-21-30-20-11-17-16-7-6-14-10-15(27)8-9-23(14,2)22(16)18(28)12-24(17,3)25(20,31-21)19(29)13-26/h8-10,13,16-18,20-22,28H,4-7,11-12H2,1-3H3/t16-,17?,18-,20-,21?,22-,23-,24-,25-/m0/s1. The molecule has 0 aromatic heterocycles. The first-order chi connectivity index (χ1) is 14.7. The Morgan fingerprint density at radius 2 is 2.13 bits per heavy atom. The van der Waals surface area contributed by atoms with Crippen molar-refractivity contribution in [2.24, 2.45) is 28.6 Å². The van der Waals surface area contributed by atoms with Crippen molar-refractivity contribution >= 4 is 17.9 Å². The highest BCUT2D eigenvalue weighted by Gasteiger charge is 2.75. The second kappa shape index (κ2) is 6.93. The van der Waals surface area contributed by atoms with E-state index in [1.807, 2.05) is 19.9 Å². The Morgan fingerprint density at radius 3 is 2.84 bits per heavy atom. The van der Waals surface area contributed by atoms with Crippen LogP contribution in [0, 0.1) is 28.6 Å². The second-order valence-electron chi connectivity index (χ2n) is 10.6. The highest BCUT2D eigenvalue weighted by Crippen LogP contribution is 2.69. The molecule has 6 heteroatoms. The summed E-state index contributed by atoms with van der Waals surface area (Å²) in [5, 5.41) is 11.5. The summed E-state index contributed by atoms with van der Waals surface area (Å²) >= 11 is 0. The fourth-order valence-corrected chi connectivity index (χ4v) is 8.03. The minimum Gasteiger partial charge on any atom is -0.393 e. The predicted octanol–water partition coefficient (Wildman–Crippen LogP) is 2.92. The Morgan fingerprint density at radius 1 is 1.35 bits per heavy atom. The smallest absolute Gasteiger partial charge is 0.230 e. The first kappa shape index (κ1) is 21.2. The number of ether oxygens (including phenoxy) is 2. The van der Waals surface area contributed by atoms with Gasteiger partial charge in [0.05, 0.1) is 12.2 Å². The molecule has 0 radical (unpaired) electrons. The predicted molar refractivity (Wildman–Crippen MR) is 112 cm³/mol. The number of aldehydes is 1. The van der Waals surface area contributed by atoms with Gasteiger partial charge in [-0.1, -0.05) is 38.8 Å². The van der Waals surface area contributed by atoms with Gasteiger partial charge >= 0.3 is 0 Å². The van der Waals surface area contributed by atoms with Crippen LogP contribution in [0.3, 0.4) is 0 Å². The van der Waals surface area contributed by atoms with E-state index in [1.54, 1.807) is 12.2 Å². The molecule has 6 nitrogen and oxygen atoms in total. The number of fused-ring (bicyclic) bond motifs is 7. The zero-order chi connectivity index (χ0) is 22.2. The second-order valence-corrected chi connectivity index (χ2v) is 10.6. The molecule has 0 aromatic rings. The van der Waals surface area contributed by atoms with Gasteiger partial charge in [0.2, 0.25) is 5.78 Å². The lowest BCUT2D eigenvalue weighted by Crippen LogP contribution is -2.63. The minimum atomic E-state index is -1.32. The molecule has 168 valence electrons. The molecular weight excluding hydrogens is 396 g/mol. The minimum absolute atomic E-state index is 0.00996. The third-order valence-corrected chi connectivity index (χ3v) is 9.29. The summed E-state index contributed by atoms with van der Waals surface area (Å²) in [6, 6.07) is 0. The van der Waals surface area contributed by atoms with Gasteiger partial charge in [-0.25, -0.2) is 0 Å². The third kappa shape index (κ3) is 2.58. The topological polar surface area (TPSA) is 89.9 Å². The molecule has 0 aromatic carbocycles.